The summed E-state index contributed by atoms with van der Waals surface area (Å²) in [4.78, 5) is 4.32. The molecule has 0 aliphatic carbocycles. The van der Waals surface area contributed by atoms with Crippen molar-refractivity contribution in [2.45, 2.75) is 19.5 Å². The van der Waals surface area contributed by atoms with Gasteiger partial charge in [-0.25, -0.2) is 0 Å². The lowest BCUT2D eigenvalue weighted by molar-refractivity contribution is 0.318. The number of nitrogens with one attached hydrogen (secondary N) is 1. The first-order valence-electron chi connectivity index (χ1n) is 6.42. The minimum atomic E-state index is 0.115. The Balaban J connectivity index is 2.01. The van der Waals surface area contributed by atoms with Crippen molar-refractivity contribution in [1.82, 2.24) is 10.3 Å². The van der Waals surface area contributed by atoms with E-state index in [1.54, 1.807) is 12.3 Å². The highest BCUT2D eigenvalue weighted by molar-refractivity contribution is 5.97. The molecule has 0 saturated carbocycles. The normalized spacial score (nSPS) is 13.2. The van der Waals surface area contributed by atoms with Gasteiger partial charge in [0, 0.05) is 24.3 Å². The van der Waals surface area contributed by atoms with Gasteiger partial charge in [0.1, 0.15) is 0 Å². The minimum absolute atomic E-state index is 0.115. The van der Waals surface area contributed by atoms with Crippen LogP contribution in [0.1, 0.15) is 29.8 Å². The number of oxime groups is 1. The number of aromatic nitrogens is 1. The van der Waals surface area contributed by atoms with Crippen molar-refractivity contribution in [3.63, 3.8) is 0 Å². The van der Waals surface area contributed by atoms with Crippen molar-refractivity contribution >= 4 is 5.84 Å². The van der Waals surface area contributed by atoms with E-state index in [2.05, 4.69) is 22.4 Å². The zero-order chi connectivity index (χ0) is 14.4. The number of amidine groups is 1. The van der Waals surface area contributed by atoms with Gasteiger partial charge < -0.3 is 16.3 Å². The molecule has 0 radical (unpaired) electrons. The van der Waals surface area contributed by atoms with Gasteiger partial charge in [-0.15, -0.1) is 0 Å². The van der Waals surface area contributed by atoms with E-state index in [4.69, 9.17) is 10.9 Å². The highest BCUT2D eigenvalue weighted by atomic mass is 16.4. The Labute approximate surface area is 118 Å². The van der Waals surface area contributed by atoms with Crippen LogP contribution in [0.2, 0.25) is 0 Å². The second-order valence-corrected chi connectivity index (χ2v) is 4.54. The maximum Gasteiger partial charge on any atom is 0.170 e. The van der Waals surface area contributed by atoms with E-state index in [0.29, 0.717) is 12.1 Å². The lowest BCUT2D eigenvalue weighted by atomic mass is 10.1. The van der Waals surface area contributed by atoms with E-state index in [1.807, 2.05) is 36.4 Å². The second kappa shape index (κ2) is 6.68. The lowest BCUT2D eigenvalue weighted by Gasteiger charge is -2.13. The predicted octanol–water partition coefficient (Wildman–Crippen LogP) is 2.03. The van der Waals surface area contributed by atoms with Gasteiger partial charge in [0.05, 0.1) is 5.69 Å². The zero-order valence-corrected chi connectivity index (χ0v) is 11.3. The summed E-state index contributed by atoms with van der Waals surface area (Å²) in [6.07, 6.45) is 1.78. The SMILES string of the molecule is C[C@@H](NCc1cccc(/C(N)=N/O)c1)c1ccccn1. The Morgan fingerprint density at radius 3 is 2.90 bits per heavy atom. The molecule has 0 aliphatic heterocycles. The van der Waals surface area contributed by atoms with E-state index >= 15 is 0 Å². The fourth-order valence-corrected chi connectivity index (χ4v) is 1.91. The topological polar surface area (TPSA) is 83.5 Å². The largest absolute Gasteiger partial charge is 0.409 e. The molecule has 0 spiro atoms. The molecular weight excluding hydrogens is 252 g/mol. The van der Waals surface area contributed by atoms with E-state index in [9.17, 15) is 0 Å². The molecule has 0 saturated heterocycles. The number of hydrogen-bond acceptors (Lipinski definition) is 4. The van der Waals surface area contributed by atoms with Crippen molar-refractivity contribution in [3.8, 4) is 0 Å². The third kappa shape index (κ3) is 3.55. The lowest BCUT2D eigenvalue weighted by Crippen LogP contribution is -2.19. The highest BCUT2D eigenvalue weighted by Gasteiger charge is 2.06. The summed E-state index contributed by atoms with van der Waals surface area (Å²) >= 11 is 0. The summed E-state index contributed by atoms with van der Waals surface area (Å²) in [5.41, 5.74) is 8.35. The van der Waals surface area contributed by atoms with Crippen LogP contribution in [-0.4, -0.2) is 16.0 Å². The second-order valence-electron chi connectivity index (χ2n) is 4.54. The number of rotatable bonds is 5. The quantitative estimate of drug-likeness (QED) is 0.336. The van der Waals surface area contributed by atoms with Gasteiger partial charge in [0.15, 0.2) is 5.84 Å². The van der Waals surface area contributed by atoms with Crippen molar-refractivity contribution in [2.24, 2.45) is 10.9 Å². The molecule has 1 aromatic heterocycles. The van der Waals surface area contributed by atoms with Crippen LogP contribution in [0.4, 0.5) is 0 Å². The van der Waals surface area contributed by atoms with E-state index < -0.39 is 0 Å². The molecule has 2 rings (SSSR count). The standard InChI is InChI=1S/C15H18N4O/c1-11(14-7-2-3-8-17-14)18-10-12-5-4-6-13(9-12)15(16)19-20/h2-9,11,18,20H,10H2,1H3,(H2,16,19)/t11-/m1/s1. The van der Waals surface area contributed by atoms with E-state index in [-0.39, 0.29) is 11.9 Å². The third-order valence-electron chi connectivity index (χ3n) is 3.07. The van der Waals surface area contributed by atoms with Crippen LogP contribution in [0.15, 0.2) is 53.8 Å². The zero-order valence-electron chi connectivity index (χ0n) is 11.3. The van der Waals surface area contributed by atoms with Gasteiger partial charge in [-0.1, -0.05) is 29.4 Å². The smallest absolute Gasteiger partial charge is 0.170 e. The number of pyridine rings is 1. The summed E-state index contributed by atoms with van der Waals surface area (Å²) in [6, 6.07) is 13.6. The van der Waals surface area contributed by atoms with Gasteiger partial charge in [0.2, 0.25) is 0 Å². The first-order valence-corrected chi connectivity index (χ1v) is 6.42. The molecule has 1 atom stereocenters. The summed E-state index contributed by atoms with van der Waals surface area (Å²) in [5.74, 6) is 0.115. The van der Waals surface area contributed by atoms with Crippen LogP contribution in [0.3, 0.4) is 0 Å². The van der Waals surface area contributed by atoms with Gasteiger partial charge in [0.25, 0.3) is 0 Å². The van der Waals surface area contributed by atoms with E-state index in [1.165, 1.54) is 0 Å². The number of hydrogen-bond donors (Lipinski definition) is 3. The van der Waals surface area contributed by atoms with Crippen molar-refractivity contribution in [2.75, 3.05) is 0 Å². The summed E-state index contributed by atoms with van der Waals surface area (Å²) in [5, 5.41) is 15.1. The molecule has 20 heavy (non-hydrogen) atoms. The first kappa shape index (κ1) is 14.0. The van der Waals surface area contributed by atoms with Crippen LogP contribution in [0.5, 0.6) is 0 Å². The third-order valence-corrected chi connectivity index (χ3v) is 3.07. The summed E-state index contributed by atoms with van der Waals surface area (Å²) < 4.78 is 0. The molecule has 5 nitrogen and oxygen atoms in total. The van der Waals surface area contributed by atoms with Gasteiger partial charge >= 0.3 is 0 Å². The molecule has 0 aliphatic rings. The minimum Gasteiger partial charge on any atom is -0.409 e. The molecule has 2 aromatic rings. The number of benzene rings is 1. The van der Waals surface area contributed by atoms with Crippen LogP contribution >= 0.6 is 0 Å². The number of nitrogens with two attached hydrogens (primary N) is 1. The van der Waals surface area contributed by atoms with Crippen LogP contribution in [0.25, 0.3) is 0 Å². The predicted molar refractivity (Wildman–Crippen MR) is 78.4 cm³/mol. The molecule has 0 bridgehead atoms. The molecule has 5 heteroatoms. The van der Waals surface area contributed by atoms with Crippen molar-refractivity contribution < 1.29 is 5.21 Å². The molecule has 0 amide bonds. The molecule has 0 unspecified atom stereocenters. The maximum absolute atomic E-state index is 8.68. The molecule has 0 fully saturated rings. The molecule has 1 aromatic carbocycles. The van der Waals surface area contributed by atoms with Crippen LogP contribution in [-0.2, 0) is 6.54 Å². The number of nitrogens with zero attached hydrogens (tertiary/aromatic N) is 2. The van der Waals surface area contributed by atoms with Crippen LogP contribution in [0, 0.1) is 0 Å². The van der Waals surface area contributed by atoms with E-state index in [0.717, 1.165) is 11.3 Å². The summed E-state index contributed by atoms with van der Waals surface area (Å²) in [7, 11) is 0. The average Bonchev–Trinajstić information content (AvgIpc) is 2.53. The van der Waals surface area contributed by atoms with Crippen LogP contribution < -0.4 is 11.1 Å². The van der Waals surface area contributed by atoms with Gasteiger partial charge in [-0.2, -0.15) is 0 Å². The van der Waals surface area contributed by atoms with Gasteiger partial charge in [-0.05, 0) is 30.7 Å². The average molecular weight is 270 g/mol. The Kier molecular flexibility index (Phi) is 4.68. The highest BCUT2D eigenvalue weighted by Crippen LogP contribution is 2.10. The summed E-state index contributed by atoms with van der Waals surface area (Å²) in [6.45, 7) is 2.75. The Morgan fingerprint density at radius 1 is 1.35 bits per heavy atom. The first-order chi connectivity index (χ1) is 9.70. The van der Waals surface area contributed by atoms with Crippen molar-refractivity contribution in [3.05, 3.63) is 65.5 Å². The fraction of sp³-hybridized carbons (Fsp3) is 0.200. The Morgan fingerprint density at radius 2 is 2.20 bits per heavy atom. The molecule has 4 N–H and O–H groups in total. The maximum atomic E-state index is 8.68. The Bertz CT molecular complexity index is 583. The monoisotopic (exact) mass is 270 g/mol. The molecule has 104 valence electrons. The fourth-order valence-electron chi connectivity index (χ4n) is 1.91. The molecular formula is C15H18N4O. The Hall–Kier alpha value is -2.40. The molecule has 1 heterocycles. The van der Waals surface area contributed by atoms with Crippen molar-refractivity contribution in [1.29, 1.82) is 0 Å². The van der Waals surface area contributed by atoms with Gasteiger partial charge in [-0.3, -0.25) is 4.98 Å².